The highest BCUT2D eigenvalue weighted by Gasteiger charge is 2.39. The van der Waals surface area contributed by atoms with E-state index in [-0.39, 0.29) is 5.03 Å². The average molecular weight is 363 g/mol. The molecule has 20 heavy (non-hydrogen) atoms. The quantitative estimate of drug-likeness (QED) is 0.884. The number of halogens is 1. The van der Waals surface area contributed by atoms with Crippen LogP contribution in [0.3, 0.4) is 0 Å². The standard InChI is InChI=1S/C12H15BrN2O4S/c1-8-10(12(16)17)3-2-6-15(8)20(18,19)11-5-4-9(13)7-14-11/h4-5,7-8,10H,2-3,6H2,1H3,(H,16,17)/t8-,10-/m1/s1. The predicted molar refractivity (Wildman–Crippen MR) is 75.7 cm³/mol. The highest BCUT2D eigenvalue weighted by molar-refractivity contribution is 9.10. The Morgan fingerprint density at radius 2 is 2.20 bits per heavy atom. The number of nitrogens with zero attached hydrogens (tertiary/aromatic N) is 2. The highest BCUT2D eigenvalue weighted by atomic mass is 79.9. The van der Waals surface area contributed by atoms with Crippen molar-refractivity contribution in [2.24, 2.45) is 5.92 Å². The number of aliphatic carboxylic acids is 1. The third-order valence-electron chi connectivity index (χ3n) is 3.52. The topological polar surface area (TPSA) is 87.6 Å². The molecule has 2 rings (SSSR count). The van der Waals surface area contributed by atoms with E-state index >= 15 is 0 Å². The van der Waals surface area contributed by atoms with Crippen molar-refractivity contribution in [2.45, 2.75) is 30.8 Å². The van der Waals surface area contributed by atoms with Gasteiger partial charge in [-0.05, 0) is 47.8 Å². The van der Waals surface area contributed by atoms with Gasteiger partial charge in [0.1, 0.15) is 0 Å². The normalized spacial score (nSPS) is 24.5. The highest BCUT2D eigenvalue weighted by Crippen LogP contribution is 2.28. The molecule has 1 aromatic heterocycles. The van der Waals surface area contributed by atoms with Crippen LogP contribution < -0.4 is 0 Å². The Bertz CT molecular complexity index is 602. The molecule has 0 aliphatic carbocycles. The second kappa shape index (κ2) is 5.79. The van der Waals surface area contributed by atoms with Crippen molar-refractivity contribution in [3.05, 3.63) is 22.8 Å². The van der Waals surface area contributed by atoms with E-state index in [1.807, 2.05) is 0 Å². The monoisotopic (exact) mass is 362 g/mol. The fourth-order valence-electron chi connectivity index (χ4n) is 2.42. The van der Waals surface area contributed by atoms with E-state index in [1.165, 1.54) is 16.6 Å². The van der Waals surface area contributed by atoms with Gasteiger partial charge >= 0.3 is 5.97 Å². The smallest absolute Gasteiger partial charge is 0.308 e. The molecule has 1 fully saturated rings. The number of hydrogen-bond acceptors (Lipinski definition) is 4. The van der Waals surface area contributed by atoms with Gasteiger partial charge in [0.25, 0.3) is 10.0 Å². The Morgan fingerprint density at radius 1 is 1.50 bits per heavy atom. The SMILES string of the molecule is C[C@@H]1[C@H](C(=O)O)CCCN1S(=O)(=O)c1ccc(Br)cn1. The zero-order chi connectivity index (χ0) is 14.9. The summed E-state index contributed by atoms with van der Waals surface area (Å²) in [5, 5.41) is 9.10. The van der Waals surface area contributed by atoms with Gasteiger partial charge in [0.2, 0.25) is 0 Å². The molecule has 0 unspecified atom stereocenters. The first kappa shape index (κ1) is 15.4. The van der Waals surface area contributed by atoms with Gasteiger partial charge in [-0.25, -0.2) is 13.4 Å². The minimum atomic E-state index is -3.76. The van der Waals surface area contributed by atoms with Crippen molar-refractivity contribution in [1.82, 2.24) is 9.29 Å². The van der Waals surface area contributed by atoms with Crippen LogP contribution in [0.2, 0.25) is 0 Å². The molecule has 1 aliphatic rings. The Labute approximate surface area is 126 Å². The molecule has 1 aliphatic heterocycles. The molecule has 0 spiro atoms. The van der Waals surface area contributed by atoms with Crippen LogP contribution in [0.5, 0.6) is 0 Å². The summed E-state index contributed by atoms with van der Waals surface area (Å²) in [6, 6.07) is 2.44. The van der Waals surface area contributed by atoms with E-state index in [1.54, 1.807) is 13.0 Å². The maximum atomic E-state index is 12.5. The number of aromatic nitrogens is 1. The lowest BCUT2D eigenvalue weighted by Gasteiger charge is -2.36. The molecule has 0 bridgehead atoms. The van der Waals surface area contributed by atoms with Gasteiger partial charge < -0.3 is 5.11 Å². The largest absolute Gasteiger partial charge is 0.481 e. The molecule has 8 heteroatoms. The number of carboxylic acid groups (broad SMARTS) is 1. The van der Waals surface area contributed by atoms with Crippen LogP contribution in [0.15, 0.2) is 27.8 Å². The maximum absolute atomic E-state index is 12.5. The van der Waals surface area contributed by atoms with Crippen molar-refractivity contribution in [2.75, 3.05) is 6.54 Å². The number of piperidine rings is 1. The van der Waals surface area contributed by atoms with Crippen molar-refractivity contribution in [1.29, 1.82) is 0 Å². The molecule has 6 nitrogen and oxygen atoms in total. The second-order valence-corrected chi connectivity index (χ2v) is 7.51. The number of pyridine rings is 1. The summed E-state index contributed by atoms with van der Waals surface area (Å²) in [7, 11) is -3.76. The average Bonchev–Trinajstić information content (AvgIpc) is 2.38. The van der Waals surface area contributed by atoms with Gasteiger partial charge in [-0.15, -0.1) is 0 Å². The van der Waals surface area contributed by atoms with E-state index in [0.29, 0.717) is 23.9 Å². The van der Waals surface area contributed by atoms with Gasteiger partial charge in [0.05, 0.1) is 5.92 Å². The maximum Gasteiger partial charge on any atom is 0.308 e. The van der Waals surface area contributed by atoms with E-state index in [4.69, 9.17) is 5.11 Å². The summed E-state index contributed by atoms with van der Waals surface area (Å²) in [6.07, 6.45) is 2.45. The van der Waals surface area contributed by atoms with E-state index < -0.39 is 28.0 Å². The Hall–Kier alpha value is -0.990. The molecule has 1 saturated heterocycles. The van der Waals surface area contributed by atoms with Crippen LogP contribution >= 0.6 is 15.9 Å². The van der Waals surface area contributed by atoms with Crippen LogP contribution in [0, 0.1) is 5.92 Å². The molecule has 2 heterocycles. The van der Waals surface area contributed by atoms with Crippen molar-refractivity contribution >= 4 is 31.9 Å². The second-order valence-electron chi connectivity index (χ2n) is 4.76. The number of hydrogen-bond donors (Lipinski definition) is 1. The summed E-state index contributed by atoms with van der Waals surface area (Å²) < 4.78 is 27.0. The predicted octanol–water partition coefficient (Wildman–Crippen LogP) is 1.72. The lowest BCUT2D eigenvalue weighted by molar-refractivity contribution is -0.144. The summed E-state index contributed by atoms with van der Waals surface area (Å²) in [6.45, 7) is 1.96. The Balaban J connectivity index is 2.33. The molecule has 0 radical (unpaired) electrons. The van der Waals surface area contributed by atoms with Crippen molar-refractivity contribution in [3.63, 3.8) is 0 Å². The van der Waals surface area contributed by atoms with Gasteiger partial charge in [0, 0.05) is 23.3 Å². The Kier molecular flexibility index (Phi) is 4.46. The van der Waals surface area contributed by atoms with Gasteiger partial charge in [0.15, 0.2) is 5.03 Å². The minimum Gasteiger partial charge on any atom is -0.481 e. The third-order valence-corrected chi connectivity index (χ3v) is 5.89. The Morgan fingerprint density at radius 3 is 2.75 bits per heavy atom. The molecule has 0 amide bonds. The summed E-state index contributed by atoms with van der Waals surface area (Å²) in [5.41, 5.74) is 0. The third kappa shape index (κ3) is 2.87. The zero-order valence-corrected chi connectivity index (χ0v) is 13.3. The summed E-state index contributed by atoms with van der Waals surface area (Å²) >= 11 is 3.20. The van der Waals surface area contributed by atoms with Crippen LogP contribution in [0.25, 0.3) is 0 Å². The first-order valence-corrected chi connectivity index (χ1v) is 8.43. The molecule has 1 aromatic rings. The van der Waals surface area contributed by atoms with Crippen LogP contribution in [-0.2, 0) is 14.8 Å². The summed E-state index contributed by atoms with van der Waals surface area (Å²) in [5.74, 6) is -1.63. The molecule has 1 N–H and O–H groups in total. The first-order chi connectivity index (χ1) is 9.34. The number of carbonyl (C=O) groups is 1. The van der Waals surface area contributed by atoms with Crippen LogP contribution in [0.1, 0.15) is 19.8 Å². The van der Waals surface area contributed by atoms with E-state index in [9.17, 15) is 13.2 Å². The first-order valence-electron chi connectivity index (χ1n) is 6.20. The number of sulfonamides is 1. The molecular weight excluding hydrogens is 348 g/mol. The fourth-order valence-corrected chi connectivity index (χ4v) is 4.27. The molecule has 2 atom stereocenters. The van der Waals surface area contributed by atoms with Gasteiger partial charge in [-0.2, -0.15) is 4.31 Å². The number of carboxylic acids is 1. The van der Waals surface area contributed by atoms with Crippen molar-refractivity contribution < 1.29 is 18.3 Å². The lowest BCUT2D eigenvalue weighted by atomic mass is 9.92. The molecule has 110 valence electrons. The minimum absolute atomic E-state index is 0.0569. The number of rotatable bonds is 3. The van der Waals surface area contributed by atoms with E-state index in [2.05, 4.69) is 20.9 Å². The van der Waals surface area contributed by atoms with Crippen LogP contribution in [0.4, 0.5) is 0 Å². The van der Waals surface area contributed by atoms with E-state index in [0.717, 1.165) is 0 Å². The lowest BCUT2D eigenvalue weighted by Crippen LogP contribution is -2.49. The zero-order valence-electron chi connectivity index (χ0n) is 10.9. The summed E-state index contributed by atoms with van der Waals surface area (Å²) in [4.78, 5) is 15.1. The van der Waals surface area contributed by atoms with Gasteiger partial charge in [-0.3, -0.25) is 4.79 Å². The molecular formula is C12H15BrN2O4S. The van der Waals surface area contributed by atoms with Gasteiger partial charge in [-0.1, -0.05) is 0 Å². The molecule has 0 saturated carbocycles. The fraction of sp³-hybridized carbons (Fsp3) is 0.500. The van der Waals surface area contributed by atoms with Crippen molar-refractivity contribution in [3.8, 4) is 0 Å². The molecule has 0 aromatic carbocycles. The van der Waals surface area contributed by atoms with Crippen LogP contribution in [-0.4, -0.2) is 41.4 Å².